The summed E-state index contributed by atoms with van der Waals surface area (Å²) in [4.78, 5) is 28.8. The number of thiazole rings is 1. The van der Waals surface area contributed by atoms with E-state index in [2.05, 4.69) is 15.6 Å². The summed E-state index contributed by atoms with van der Waals surface area (Å²) in [6, 6.07) is 19.7. The van der Waals surface area contributed by atoms with Crippen molar-refractivity contribution < 1.29 is 14.0 Å². The smallest absolute Gasteiger partial charge is 0.257 e. The molecule has 0 spiro atoms. The zero-order valence-electron chi connectivity index (χ0n) is 14.5. The van der Waals surface area contributed by atoms with Gasteiger partial charge in [-0.2, -0.15) is 0 Å². The summed E-state index contributed by atoms with van der Waals surface area (Å²) in [7, 11) is 0. The first-order valence-corrected chi connectivity index (χ1v) is 9.24. The number of nitrogens with zero attached hydrogens (tertiary/aromatic N) is 1. The van der Waals surface area contributed by atoms with Gasteiger partial charge in [-0.1, -0.05) is 29.5 Å². The molecule has 0 fully saturated rings. The number of hydrogen-bond donors (Lipinski definition) is 2. The molecule has 5 nitrogen and oxygen atoms in total. The number of halogens is 1. The van der Waals surface area contributed by atoms with E-state index in [0.717, 1.165) is 0 Å². The summed E-state index contributed by atoms with van der Waals surface area (Å²) in [6.07, 6.45) is 0. The maximum Gasteiger partial charge on any atom is 0.257 e. The van der Waals surface area contributed by atoms with Gasteiger partial charge in [-0.25, -0.2) is 9.37 Å². The Labute approximate surface area is 163 Å². The van der Waals surface area contributed by atoms with E-state index in [1.165, 1.54) is 23.5 Å². The first-order valence-electron chi connectivity index (χ1n) is 8.42. The Hall–Kier alpha value is -3.58. The molecule has 1 heterocycles. The molecule has 0 aliphatic rings. The molecular formula is C21H14FN3O2S. The van der Waals surface area contributed by atoms with Gasteiger partial charge in [-0.3, -0.25) is 14.9 Å². The molecule has 0 aliphatic carbocycles. The minimum absolute atomic E-state index is 0.223. The van der Waals surface area contributed by atoms with Crippen LogP contribution >= 0.6 is 11.3 Å². The molecule has 2 amide bonds. The van der Waals surface area contributed by atoms with E-state index in [0.29, 0.717) is 32.2 Å². The largest absolute Gasteiger partial charge is 0.322 e. The van der Waals surface area contributed by atoms with Gasteiger partial charge in [-0.15, -0.1) is 0 Å². The highest BCUT2D eigenvalue weighted by atomic mass is 32.1. The Morgan fingerprint density at radius 3 is 2.25 bits per heavy atom. The maximum atomic E-state index is 13.3. The van der Waals surface area contributed by atoms with Crippen LogP contribution in [0.2, 0.25) is 0 Å². The fraction of sp³-hybridized carbons (Fsp3) is 0. The Morgan fingerprint density at radius 1 is 0.821 bits per heavy atom. The molecule has 138 valence electrons. The summed E-state index contributed by atoms with van der Waals surface area (Å²) in [6.45, 7) is 0. The number of aromatic nitrogens is 1. The van der Waals surface area contributed by atoms with Gasteiger partial charge in [0.2, 0.25) is 0 Å². The molecule has 0 saturated carbocycles. The summed E-state index contributed by atoms with van der Waals surface area (Å²) >= 11 is 1.20. The number of carbonyl (C=O) groups is 2. The number of amides is 2. The zero-order valence-corrected chi connectivity index (χ0v) is 15.3. The molecule has 0 atom stereocenters. The number of nitrogens with one attached hydrogen (secondary N) is 2. The Kier molecular flexibility index (Phi) is 4.82. The standard InChI is InChI=1S/C21H14FN3O2S/c22-15-8-11-17-18(12-15)28-21(24-17)25-20(27)14-6-9-16(10-7-14)23-19(26)13-4-2-1-3-5-13/h1-12H,(H,23,26)(H,24,25,27). The van der Waals surface area contributed by atoms with Gasteiger partial charge in [0, 0.05) is 16.8 Å². The third kappa shape index (κ3) is 3.89. The lowest BCUT2D eigenvalue weighted by Gasteiger charge is -2.06. The minimum atomic E-state index is -0.345. The fourth-order valence-corrected chi connectivity index (χ4v) is 3.50. The van der Waals surface area contributed by atoms with Crippen LogP contribution in [0.25, 0.3) is 10.2 Å². The van der Waals surface area contributed by atoms with Crippen molar-refractivity contribution in [2.24, 2.45) is 0 Å². The van der Waals surface area contributed by atoms with Crippen molar-refractivity contribution in [3.63, 3.8) is 0 Å². The molecule has 2 N–H and O–H groups in total. The highest BCUT2D eigenvalue weighted by molar-refractivity contribution is 7.22. The Morgan fingerprint density at radius 2 is 1.50 bits per heavy atom. The van der Waals surface area contributed by atoms with Crippen LogP contribution in [-0.2, 0) is 0 Å². The third-order valence-corrected chi connectivity index (χ3v) is 4.95. The molecule has 0 saturated heterocycles. The minimum Gasteiger partial charge on any atom is -0.322 e. The van der Waals surface area contributed by atoms with E-state index < -0.39 is 0 Å². The van der Waals surface area contributed by atoms with E-state index >= 15 is 0 Å². The molecule has 1 aromatic heterocycles. The number of fused-ring (bicyclic) bond motifs is 1. The first-order chi connectivity index (χ1) is 13.6. The van der Waals surface area contributed by atoms with E-state index in [9.17, 15) is 14.0 Å². The van der Waals surface area contributed by atoms with Gasteiger partial charge in [0.15, 0.2) is 5.13 Å². The second-order valence-electron chi connectivity index (χ2n) is 5.98. The number of carbonyl (C=O) groups excluding carboxylic acids is 2. The van der Waals surface area contributed by atoms with Crippen LogP contribution in [0.5, 0.6) is 0 Å². The van der Waals surface area contributed by atoms with Gasteiger partial charge in [0.25, 0.3) is 11.8 Å². The highest BCUT2D eigenvalue weighted by Crippen LogP contribution is 2.27. The molecule has 0 unspecified atom stereocenters. The van der Waals surface area contributed by atoms with Gasteiger partial charge < -0.3 is 5.32 Å². The van der Waals surface area contributed by atoms with Crippen molar-refractivity contribution in [3.8, 4) is 0 Å². The monoisotopic (exact) mass is 391 g/mol. The molecular weight excluding hydrogens is 377 g/mol. The van der Waals surface area contributed by atoms with Crippen molar-refractivity contribution in [1.29, 1.82) is 0 Å². The van der Waals surface area contributed by atoms with Crippen molar-refractivity contribution >= 4 is 44.2 Å². The van der Waals surface area contributed by atoms with Crippen molar-refractivity contribution in [2.45, 2.75) is 0 Å². The average molecular weight is 391 g/mol. The first kappa shape index (κ1) is 17.8. The maximum absolute atomic E-state index is 13.3. The summed E-state index contributed by atoms with van der Waals surface area (Å²) in [5.41, 5.74) is 2.18. The lowest BCUT2D eigenvalue weighted by molar-refractivity contribution is 0.102. The molecule has 7 heteroatoms. The topological polar surface area (TPSA) is 71.1 Å². The number of anilines is 2. The summed E-state index contributed by atoms with van der Waals surface area (Å²) in [5.74, 6) is -0.901. The number of benzene rings is 3. The molecule has 28 heavy (non-hydrogen) atoms. The lowest BCUT2D eigenvalue weighted by atomic mass is 10.1. The van der Waals surface area contributed by atoms with E-state index in [-0.39, 0.29) is 17.6 Å². The van der Waals surface area contributed by atoms with Gasteiger partial charge >= 0.3 is 0 Å². The van der Waals surface area contributed by atoms with Crippen molar-refractivity contribution in [1.82, 2.24) is 4.98 Å². The fourth-order valence-electron chi connectivity index (χ4n) is 2.62. The highest BCUT2D eigenvalue weighted by Gasteiger charge is 2.11. The van der Waals surface area contributed by atoms with Crippen LogP contribution in [0, 0.1) is 5.82 Å². The number of rotatable bonds is 4. The normalized spacial score (nSPS) is 10.6. The summed E-state index contributed by atoms with van der Waals surface area (Å²) < 4.78 is 13.9. The lowest BCUT2D eigenvalue weighted by Crippen LogP contribution is -2.13. The van der Waals surface area contributed by atoms with Crippen LogP contribution in [0.4, 0.5) is 15.2 Å². The SMILES string of the molecule is O=C(Nc1ccc(C(=O)Nc2nc3ccc(F)cc3s2)cc1)c1ccccc1. The van der Waals surface area contributed by atoms with Crippen LogP contribution in [0.3, 0.4) is 0 Å². The van der Waals surface area contributed by atoms with E-state index in [1.807, 2.05) is 6.07 Å². The zero-order chi connectivity index (χ0) is 19.5. The molecule has 4 rings (SSSR count). The molecule has 0 bridgehead atoms. The van der Waals surface area contributed by atoms with Crippen LogP contribution < -0.4 is 10.6 Å². The van der Waals surface area contributed by atoms with Crippen molar-refractivity contribution in [2.75, 3.05) is 10.6 Å². The number of hydrogen-bond acceptors (Lipinski definition) is 4. The predicted octanol–water partition coefficient (Wildman–Crippen LogP) is 4.94. The van der Waals surface area contributed by atoms with Gasteiger partial charge in [0.05, 0.1) is 10.2 Å². The molecule has 3 aromatic carbocycles. The molecule has 4 aromatic rings. The second kappa shape index (κ2) is 7.58. The van der Waals surface area contributed by atoms with Crippen LogP contribution in [0.1, 0.15) is 20.7 Å². The summed E-state index contributed by atoms with van der Waals surface area (Å²) in [5, 5.41) is 5.89. The van der Waals surface area contributed by atoms with Gasteiger partial charge in [0.1, 0.15) is 5.82 Å². The predicted molar refractivity (Wildman–Crippen MR) is 108 cm³/mol. The quantitative estimate of drug-likeness (QED) is 0.518. The van der Waals surface area contributed by atoms with Gasteiger partial charge in [-0.05, 0) is 54.6 Å². The van der Waals surface area contributed by atoms with Crippen LogP contribution in [-0.4, -0.2) is 16.8 Å². The average Bonchev–Trinajstić information content (AvgIpc) is 3.10. The van der Waals surface area contributed by atoms with Crippen molar-refractivity contribution in [3.05, 3.63) is 89.7 Å². The Balaban J connectivity index is 1.44. The van der Waals surface area contributed by atoms with Crippen LogP contribution in [0.15, 0.2) is 72.8 Å². The van der Waals surface area contributed by atoms with E-state index in [1.54, 1.807) is 54.6 Å². The second-order valence-corrected chi connectivity index (χ2v) is 7.01. The molecule has 0 radical (unpaired) electrons. The molecule has 0 aliphatic heterocycles. The Bertz CT molecular complexity index is 1160. The van der Waals surface area contributed by atoms with E-state index in [4.69, 9.17) is 0 Å². The third-order valence-electron chi connectivity index (χ3n) is 4.01.